The number of aromatic nitrogens is 3. The predicted octanol–water partition coefficient (Wildman–Crippen LogP) is 2.83. The predicted molar refractivity (Wildman–Crippen MR) is 110 cm³/mol. The molecule has 1 aromatic carbocycles. The first-order valence-electron chi connectivity index (χ1n) is 9.50. The molecule has 0 aliphatic rings. The number of hydrogen-bond acceptors (Lipinski definition) is 6. The molecule has 3 aromatic heterocycles. The van der Waals surface area contributed by atoms with Crippen LogP contribution in [0.3, 0.4) is 0 Å². The molecular formula is C22H20N4O4. The maximum Gasteiger partial charge on any atom is 0.268 e. The third-order valence-electron chi connectivity index (χ3n) is 4.52. The Kier molecular flexibility index (Phi) is 5.56. The number of amides is 1. The lowest BCUT2D eigenvalue weighted by Crippen LogP contribution is -2.34. The van der Waals surface area contributed by atoms with E-state index in [1.54, 1.807) is 25.1 Å². The summed E-state index contributed by atoms with van der Waals surface area (Å²) < 4.78 is 11.9. The first-order valence-corrected chi connectivity index (χ1v) is 9.50. The summed E-state index contributed by atoms with van der Waals surface area (Å²) in [4.78, 5) is 24.9. The normalized spacial score (nSPS) is 10.8. The van der Waals surface area contributed by atoms with Crippen LogP contribution >= 0.6 is 0 Å². The van der Waals surface area contributed by atoms with Crippen molar-refractivity contribution in [3.8, 4) is 22.8 Å². The van der Waals surface area contributed by atoms with Crippen LogP contribution in [0.1, 0.15) is 11.3 Å². The van der Waals surface area contributed by atoms with Crippen molar-refractivity contribution in [1.82, 2.24) is 20.3 Å². The van der Waals surface area contributed by atoms with Crippen LogP contribution in [0.25, 0.3) is 22.8 Å². The van der Waals surface area contributed by atoms with Crippen molar-refractivity contribution in [2.75, 3.05) is 6.54 Å². The average molecular weight is 404 g/mol. The maximum atomic E-state index is 12.6. The van der Waals surface area contributed by atoms with Gasteiger partial charge in [0.1, 0.15) is 12.2 Å². The smallest absolute Gasteiger partial charge is 0.268 e. The highest BCUT2D eigenvalue weighted by atomic mass is 16.5. The fraction of sp³-hybridized carbons (Fsp3) is 0.182. The summed E-state index contributed by atoms with van der Waals surface area (Å²) in [6, 6.07) is 16.4. The van der Waals surface area contributed by atoms with E-state index in [0.717, 1.165) is 10.2 Å². The lowest BCUT2D eigenvalue weighted by molar-refractivity contribution is -0.121. The third-order valence-corrected chi connectivity index (χ3v) is 4.52. The molecule has 0 spiro atoms. The molecule has 3 heterocycles. The molecule has 152 valence electrons. The van der Waals surface area contributed by atoms with Crippen LogP contribution in [0, 0.1) is 6.92 Å². The van der Waals surface area contributed by atoms with E-state index in [4.69, 9.17) is 8.94 Å². The second-order valence-corrected chi connectivity index (χ2v) is 6.80. The van der Waals surface area contributed by atoms with E-state index in [1.807, 2.05) is 30.3 Å². The lowest BCUT2D eigenvalue weighted by Gasteiger charge is -2.10. The molecule has 8 heteroatoms. The lowest BCUT2D eigenvalue weighted by atomic mass is 10.1. The monoisotopic (exact) mass is 404 g/mol. The van der Waals surface area contributed by atoms with Gasteiger partial charge in [0.15, 0.2) is 11.5 Å². The Bertz CT molecular complexity index is 1190. The van der Waals surface area contributed by atoms with E-state index >= 15 is 0 Å². The van der Waals surface area contributed by atoms with Gasteiger partial charge in [-0.1, -0.05) is 35.5 Å². The maximum absolute atomic E-state index is 12.6. The van der Waals surface area contributed by atoms with Crippen molar-refractivity contribution in [2.24, 2.45) is 0 Å². The molecule has 30 heavy (non-hydrogen) atoms. The molecule has 0 fully saturated rings. The Hall–Kier alpha value is -3.94. The van der Waals surface area contributed by atoms with Gasteiger partial charge in [-0.3, -0.25) is 9.59 Å². The van der Waals surface area contributed by atoms with Gasteiger partial charge in [0.05, 0.1) is 17.5 Å². The Labute approximate surface area is 172 Å². The summed E-state index contributed by atoms with van der Waals surface area (Å²) in [5, 5.41) is 11.1. The minimum atomic E-state index is -0.424. The summed E-state index contributed by atoms with van der Waals surface area (Å²) in [6.07, 6.45) is 2.22. The Balaban J connectivity index is 1.54. The highest BCUT2D eigenvalue weighted by molar-refractivity contribution is 5.77. The SMILES string of the molecule is Cc1cc(-c2cc(=O)n(CC(=O)NCCc3ccccc3)nc2-c2ccco2)on1. The first-order chi connectivity index (χ1) is 14.6. The zero-order valence-electron chi connectivity index (χ0n) is 16.4. The summed E-state index contributed by atoms with van der Waals surface area (Å²) in [5.41, 5.74) is 2.23. The summed E-state index contributed by atoms with van der Waals surface area (Å²) >= 11 is 0. The van der Waals surface area contributed by atoms with E-state index in [1.165, 1.54) is 12.3 Å². The second kappa shape index (κ2) is 8.60. The van der Waals surface area contributed by atoms with Gasteiger partial charge < -0.3 is 14.3 Å². The molecule has 0 radical (unpaired) electrons. The summed E-state index contributed by atoms with van der Waals surface area (Å²) in [7, 11) is 0. The highest BCUT2D eigenvalue weighted by Crippen LogP contribution is 2.29. The van der Waals surface area contributed by atoms with Crippen molar-refractivity contribution in [3.05, 3.63) is 82.5 Å². The van der Waals surface area contributed by atoms with E-state index < -0.39 is 5.56 Å². The third kappa shape index (κ3) is 4.38. The van der Waals surface area contributed by atoms with Crippen molar-refractivity contribution in [3.63, 3.8) is 0 Å². The minimum Gasteiger partial charge on any atom is -0.463 e. The molecule has 1 N–H and O–H groups in total. The molecular weight excluding hydrogens is 384 g/mol. The fourth-order valence-corrected chi connectivity index (χ4v) is 3.06. The van der Waals surface area contributed by atoms with Gasteiger partial charge in [0, 0.05) is 18.7 Å². The number of carbonyl (C=O) groups excluding carboxylic acids is 1. The van der Waals surface area contributed by atoms with Crippen LogP contribution in [-0.4, -0.2) is 27.4 Å². The van der Waals surface area contributed by atoms with Gasteiger partial charge in [-0.25, -0.2) is 4.68 Å². The highest BCUT2D eigenvalue weighted by Gasteiger charge is 2.19. The van der Waals surface area contributed by atoms with Gasteiger partial charge in [0.25, 0.3) is 5.56 Å². The van der Waals surface area contributed by atoms with Gasteiger partial charge >= 0.3 is 0 Å². The van der Waals surface area contributed by atoms with Gasteiger partial charge in [-0.15, -0.1) is 0 Å². The molecule has 0 aliphatic carbocycles. The van der Waals surface area contributed by atoms with Crippen LogP contribution in [0.2, 0.25) is 0 Å². The number of aryl methyl sites for hydroxylation is 1. The Morgan fingerprint density at radius 3 is 2.63 bits per heavy atom. The van der Waals surface area contributed by atoms with Crippen LogP contribution in [-0.2, 0) is 17.8 Å². The number of furan rings is 1. The molecule has 4 rings (SSSR count). The number of carbonyl (C=O) groups is 1. The van der Waals surface area contributed by atoms with Crippen molar-refractivity contribution < 1.29 is 13.7 Å². The summed E-state index contributed by atoms with van der Waals surface area (Å²) in [6.45, 7) is 2.06. The topological polar surface area (TPSA) is 103 Å². The largest absolute Gasteiger partial charge is 0.463 e. The van der Waals surface area contributed by atoms with E-state index in [0.29, 0.717) is 41.4 Å². The van der Waals surface area contributed by atoms with Crippen molar-refractivity contribution in [2.45, 2.75) is 19.9 Å². The van der Waals surface area contributed by atoms with E-state index in [-0.39, 0.29) is 12.5 Å². The van der Waals surface area contributed by atoms with Crippen LogP contribution in [0.15, 0.2) is 74.6 Å². The molecule has 0 aliphatic heterocycles. The Morgan fingerprint density at radius 1 is 1.10 bits per heavy atom. The van der Waals surface area contributed by atoms with Crippen LogP contribution in [0.4, 0.5) is 0 Å². The molecule has 4 aromatic rings. The second-order valence-electron chi connectivity index (χ2n) is 6.80. The molecule has 0 bridgehead atoms. The molecule has 0 saturated carbocycles. The van der Waals surface area contributed by atoms with Gasteiger partial charge in [-0.2, -0.15) is 5.10 Å². The van der Waals surface area contributed by atoms with E-state index in [9.17, 15) is 9.59 Å². The number of rotatable bonds is 7. The van der Waals surface area contributed by atoms with Crippen LogP contribution in [0.5, 0.6) is 0 Å². The first kappa shape index (κ1) is 19.4. The van der Waals surface area contributed by atoms with Gasteiger partial charge in [0.2, 0.25) is 5.91 Å². The standard InChI is InChI=1S/C22H20N4O4/c1-15-12-19(30-25-15)17-13-21(28)26(24-22(17)18-8-5-11-29-18)14-20(27)23-10-9-16-6-3-2-4-7-16/h2-8,11-13H,9-10,14H2,1H3,(H,23,27). The quantitative estimate of drug-likeness (QED) is 0.508. The molecule has 0 unspecified atom stereocenters. The fourth-order valence-electron chi connectivity index (χ4n) is 3.06. The molecule has 0 atom stereocenters. The number of nitrogens with one attached hydrogen (secondary N) is 1. The molecule has 8 nitrogen and oxygen atoms in total. The van der Waals surface area contributed by atoms with Crippen LogP contribution < -0.4 is 10.9 Å². The number of nitrogens with zero attached hydrogens (tertiary/aromatic N) is 3. The zero-order valence-corrected chi connectivity index (χ0v) is 16.4. The van der Waals surface area contributed by atoms with Gasteiger partial charge in [-0.05, 0) is 31.0 Å². The average Bonchev–Trinajstić information content (AvgIpc) is 3.42. The number of hydrogen-bond donors (Lipinski definition) is 1. The van der Waals surface area contributed by atoms with E-state index in [2.05, 4.69) is 15.6 Å². The van der Waals surface area contributed by atoms with Crippen molar-refractivity contribution >= 4 is 5.91 Å². The molecule has 0 saturated heterocycles. The Morgan fingerprint density at radius 2 is 1.93 bits per heavy atom. The van der Waals surface area contributed by atoms with Crippen molar-refractivity contribution in [1.29, 1.82) is 0 Å². The zero-order chi connectivity index (χ0) is 20.9. The molecule has 1 amide bonds. The number of benzene rings is 1. The summed E-state index contributed by atoms with van der Waals surface area (Å²) in [5.74, 6) is 0.564. The minimum absolute atomic E-state index is 0.197.